The van der Waals surface area contributed by atoms with Crippen molar-refractivity contribution in [3.8, 4) is 0 Å². The molecule has 51 heavy (non-hydrogen) atoms. The molecule has 3 heteroatoms. The maximum absolute atomic E-state index is 2.77. The second kappa shape index (κ2) is 27.8. The summed E-state index contributed by atoms with van der Waals surface area (Å²) in [5.74, 6) is 0. The fourth-order valence-corrected chi connectivity index (χ4v) is 46.5. The Kier molecular flexibility index (Phi) is 25.8. The molecular weight excluding hydrogens is 842 g/mol. The van der Waals surface area contributed by atoms with Gasteiger partial charge >= 0.3 is 333 Å². The van der Waals surface area contributed by atoms with E-state index in [9.17, 15) is 0 Å². The van der Waals surface area contributed by atoms with Gasteiger partial charge in [0.05, 0.1) is 0 Å². The van der Waals surface area contributed by atoms with Gasteiger partial charge in [-0.25, -0.2) is 0 Å². The van der Waals surface area contributed by atoms with Gasteiger partial charge in [-0.05, 0) is 0 Å². The van der Waals surface area contributed by atoms with Crippen LogP contribution in [0.2, 0.25) is 38.7 Å². The molecule has 0 saturated carbocycles. The molecule has 0 aliphatic heterocycles. The van der Waals surface area contributed by atoms with Crippen LogP contribution in [0.15, 0.2) is 48.5 Å². The first-order valence-corrected chi connectivity index (χ1v) is 40.5. The number of unbranched alkanes of at least 4 members (excludes halogenated alkanes) is 12. The van der Waals surface area contributed by atoms with Crippen molar-refractivity contribution in [2.24, 2.45) is 0 Å². The van der Waals surface area contributed by atoms with Crippen molar-refractivity contribution in [3.05, 3.63) is 48.5 Å². The zero-order valence-electron chi connectivity index (χ0n) is 35.9. The van der Waals surface area contributed by atoms with E-state index >= 15 is 0 Å². The predicted molar refractivity (Wildman–Crippen MR) is 245 cm³/mol. The Morgan fingerprint density at radius 2 is 0.569 bits per heavy atom. The van der Waals surface area contributed by atoms with Crippen molar-refractivity contribution in [3.63, 3.8) is 0 Å². The van der Waals surface area contributed by atoms with Crippen LogP contribution in [-0.2, 0) is 0 Å². The van der Waals surface area contributed by atoms with Crippen LogP contribution in [0.1, 0.15) is 184 Å². The summed E-state index contributed by atoms with van der Waals surface area (Å²) >= 11 is -4.93. The Bertz CT molecular complexity index is 974. The minimum atomic E-state index is -2.46. The van der Waals surface area contributed by atoms with E-state index in [1.807, 2.05) is 7.16 Å². The fraction of sp³-hybridized carbons (Fsp3) is 0.750. The summed E-state index contributed by atoms with van der Waals surface area (Å²) in [7, 11) is -1.92. The quantitative estimate of drug-likeness (QED) is 0.0507. The molecule has 0 aliphatic rings. The molecule has 0 heterocycles. The first-order chi connectivity index (χ1) is 24.9. The van der Waals surface area contributed by atoms with Crippen LogP contribution in [0.25, 0.3) is 0 Å². The Balaban J connectivity index is 2.75. The predicted octanol–water partition coefficient (Wildman–Crippen LogP) is 14.5. The van der Waals surface area contributed by atoms with Crippen molar-refractivity contribution < 1.29 is 0 Å². The van der Waals surface area contributed by atoms with E-state index in [1.54, 1.807) is 37.0 Å². The van der Waals surface area contributed by atoms with Crippen molar-refractivity contribution in [1.29, 1.82) is 0 Å². The molecule has 0 radical (unpaired) electrons. The Morgan fingerprint density at radius 3 is 0.804 bits per heavy atom. The third-order valence-electron chi connectivity index (χ3n) is 13.1. The van der Waals surface area contributed by atoms with Crippen LogP contribution in [0.3, 0.4) is 0 Å². The van der Waals surface area contributed by atoms with Gasteiger partial charge in [-0.3, -0.25) is 0 Å². The molecule has 2 rings (SSSR count). The Morgan fingerprint density at radius 1 is 0.314 bits per heavy atom. The van der Waals surface area contributed by atoms with E-state index in [0.717, 1.165) is 0 Å². The summed E-state index contributed by atoms with van der Waals surface area (Å²) in [6.45, 7) is 19.3. The topological polar surface area (TPSA) is 0 Å². The van der Waals surface area contributed by atoms with E-state index in [4.69, 9.17) is 0 Å². The third kappa shape index (κ3) is 15.0. The summed E-state index contributed by atoms with van der Waals surface area (Å²) in [5, 5.41) is 3.57. The van der Waals surface area contributed by atoms with E-state index in [-0.39, 0.29) is 0 Å². The van der Waals surface area contributed by atoms with Gasteiger partial charge in [-0.2, -0.15) is 0 Å². The van der Waals surface area contributed by atoms with Gasteiger partial charge in [0.2, 0.25) is 0 Å². The average molecular weight is 931 g/mol. The first-order valence-electron chi connectivity index (χ1n) is 23.1. The van der Waals surface area contributed by atoms with Gasteiger partial charge in [0.1, 0.15) is 0 Å². The molecule has 0 bridgehead atoms. The number of hydrogen-bond donors (Lipinski definition) is 0. The molecule has 0 aliphatic carbocycles. The first kappa shape index (κ1) is 47.4. The normalized spacial score (nSPS) is 12.5. The molecule has 0 unspecified atom stereocenters. The van der Waals surface area contributed by atoms with Crippen LogP contribution in [0, 0.1) is 0 Å². The van der Waals surface area contributed by atoms with Gasteiger partial charge in [0, 0.05) is 0 Å². The van der Waals surface area contributed by atoms with Crippen LogP contribution in [0.4, 0.5) is 0 Å². The van der Waals surface area contributed by atoms with Crippen LogP contribution in [0.5, 0.6) is 0 Å². The zero-order chi connectivity index (χ0) is 37.3. The SMILES string of the molecule is CCCCCC[Si](CCCCCC)(c1cc[c]([Sn]([CH2]CCC)([CH2]CCC)[CH2]CCC)cc1)c1cc[c]([Sn]([CH2]CCC)([CH2]CCC)[CH2]CCC)cc1. The van der Waals surface area contributed by atoms with E-state index < -0.39 is 44.8 Å². The summed E-state index contributed by atoms with van der Waals surface area (Å²) in [6.07, 6.45) is 28.0. The summed E-state index contributed by atoms with van der Waals surface area (Å²) < 4.78 is 13.2. The second-order valence-corrected chi connectivity index (χ2v) is 47.8. The number of benzene rings is 2. The summed E-state index contributed by atoms with van der Waals surface area (Å²) in [5.41, 5.74) is 0. The molecular formula is C48H88SiSn2. The number of rotatable bonds is 32. The Hall–Kier alpha value is 0.254. The molecule has 0 spiro atoms. The second-order valence-electron chi connectivity index (χ2n) is 17.0. The van der Waals surface area contributed by atoms with Gasteiger partial charge < -0.3 is 0 Å². The molecule has 0 saturated heterocycles. The fourth-order valence-electron chi connectivity index (χ4n) is 9.57. The van der Waals surface area contributed by atoms with Gasteiger partial charge in [-0.15, -0.1) is 0 Å². The van der Waals surface area contributed by atoms with Crippen LogP contribution < -0.4 is 17.5 Å². The molecule has 0 amide bonds. The van der Waals surface area contributed by atoms with Crippen molar-refractivity contribution in [1.82, 2.24) is 0 Å². The molecule has 0 aromatic heterocycles. The monoisotopic (exact) mass is 932 g/mol. The third-order valence-corrected chi connectivity index (χ3v) is 49.7. The summed E-state index contributed by atoms with van der Waals surface area (Å²) in [6, 6.07) is 25.0. The molecule has 292 valence electrons. The zero-order valence-corrected chi connectivity index (χ0v) is 42.6. The van der Waals surface area contributed by atoms with E-state index in [1.165, 1.54) is 141 Å². The molecule has 0 fully saturated rings. The van der Waals surface area contributed by atoms with Crippen molar-refractivity contribution >= 4 is 62.4 Å². The standard InChI is InChI=1S/C24H34Si.6C4H9.2Sn/c1-3-5-7-15-21-25(22-16-8-6-4-2,23-17-11-9-12-18-23)24-19-13-10-14-20-24;6*1-3-4-2;;/h11-14,17-20H,3-8,15-16,21-22H2,1-2H3;6*1,3-4H2,2H3;;. The molecule has 0 nitrogen and oxygen atoms in total. The average Bonchev–Trinajstić information content (AvgIpc) is 3.17. The van der Waals surface area contributed by atoms with Gasteiger partial charge in [0.25, 0.3) is 0 Å². The van der Waals surface area contributed by atoms with Crippen molar-refractivity contribution in [2.75, 3.05) is 0 Å². The van der Waals surface area contributed by atoms with E-state index in [2.05, 4.69) is 104 Å². The minimum absolute atomic E-state index is 1.33. The van der Waals surface area contributed by atoms with Gasteiger partial charge in [-0.1, -0.05) is 0 Å². The number of hydrogen-bond acceptors (Lipinski definition) is 0. The molecule has 0 N–H and O–H groups in total. The maximum atomic E-state index is 2.77. The molecule has 2 aromatic carbocycles. The van der Waals surface area contributed by atoms with Crippen LogP contribution >= 0.6 is 0 Å². The Labute approximate surface area is 330 Å². The van der Waals surface area contributed by atoms with E-state index in [0.29, 0.717) is 0 Å². The van der Waals surface area contributed by atoms with Crippen molar-refractivity contribution in [2.45, 2.75) is 223 Å². The van der Waals surface area contributed by atoms with Gasteiger partial charge in [0.15, 0.2) is 0 Å². The molecule has 2 aromatic rings. The molecule has 0 atom stereocenters. The van der Waals surface area contributed by atoms with Crippen LogP contribution in [-0.4, -0.2) is 44.8 Å². The summed E-state index contributed by atoms with van der Waals surface area (Å²) in [4.78, 5) is 0.